The average Bonchev–Trinajstić information content (AvgIpc) is 2.68. The maximum atomic E-state index is 12.4. The summed E-state index contributed by atoms with van der Waals surface area (Å²) in [6, 6.07) is 20.2. The Morgan fingerprint density at radius 1 is 1.00 bits per heavy atom. The topological polar surface area (TPSA) is 60.5 Å². The number of pyridine rings is 1. The Balaban J connectivity index is 1.70. The van der Waals surface area contributed by atoms with Crippen molar-refractivity contribution in [3.63, 3.8) is 0 Å². The van der Waals surface area contributed by atoms with Gasteiger partial charge < -0.3 is 14.8 Å². The molecule has 0 aliphatic rings. The average molecular weight is 334 g/mol. The second kappa shape index (κ2) is 7.97. The molecule has 25 heavy (non-hydrogen) atoms. The molecule has 3 aromatic rings. The van der Waals surface area contributed by atoms with Crippen molar-refractivity contribution in [2.24, 2.45) is 0 Å². The van der Waals surface area contributed by atoms with Crippen LogP contribution in [0.4, 0.5) is 5.82 Å². The summed E-state index contributed by atoms with van der Waals surface area (Å²) < 4.78 is 10.9. The lowest BCUT2D eigenvalue weighted by atomic mass is 10.2. The van der Waals surface area contributed by atoms with E-state index >= 15 is 0 Å². The number of hydrogen-bond donors (Lipinski definition) is 1. The zero-order valence-electron chi connectivity index (χ0n) is 13.8. The summed E-state index contributed by atoms with van der Waals surface area (Å²) in [5.74, 6) is 1.35. The largest absolute Gasteiger partial charge is 0.497 e. The van der Waals surface area contributed by atoms with E-state index in [1.165, 1.54) is 0 Å². The molecule has 3 rings (SSSR count). The molecule has 5 nitrogen and oxygen atoms in total. The second-order valence-electron chi connectivity index (χ2n) is 5.31. The van der Waals surface area contributed by atoms with Crippen LogP contribution in [0.3, 0.4) is 0 Å². The molecule has 0 fully saturated rings. The number of anilines is 1. The Kier molecular flexibility index (Phi) is 5.26. The van der Waals surface area contributed by atoms with Crippen molar-refractivity contribution in [1.82, 2.24) is 4.98 Å². The molecular formula is C20H18N2O3. The molecule has 0 aliphatic carbocycles. The van der Waals surface area contributed by atoms with Gasteiger partial charge >= 0.3 is 0 Å². The molecule has 1 amide bonds. The van der Waals surface area contributed by atoms with Gasteiger partial charge in [0.15, 0.2) is 11.6 Å². The zero-order valence-corrected chi connectivity index (χ0v) is 13.8. The maximum Gasteiger partial charge on any atom is 0.256 e. The first-order chi connectivity index (χ1) is 12.3. The van der Waals surface area contributed by atoms with Gasteiger partial charge in [-0.2, -0.15) is 0 Å². The maximum absolute atomic E-state index is 12.4. The van der Waals surface area contributed by atoms with E-state index in [1.807, 2.05) is 30.3 Å². The quantitative estimate of drug-likeness (QED) is 0.742. The smallest absolute Gasteiger partial charge is 0.256 e. The van der Waals surface area contributed by atoms with Crippen molar-refractivity contribution in [3.8, 4) is 11.5 Å². The van der Waals surface area contributed by atoms with Crippen LogP contribution in [-0.4, -0.2) is 18.0 Å². The third-order valence-corrected chi connectivity index (χ3v) is 3.59. The first-order valence-electron chi connectivity index (χ1n) is 7.83. The standard InChI is InChI=1S/C20H18N2O3/c1-24-17-11-9-16(10-12-17)20(23)22-19-18(8-5-13-21-19)25-14-15-6-3-2-4-7-15/h2-13H,14H2,1H3,(H,21,22,23). The molecule has 0 aliphatic heterocycles. The minimum absolute atomic E-state index is 0.258. The van der Waals surface area contributed by atoms with Crippen LogP contribution in [0.1, 0.15) is 15.9 Å². The van der Waals surface area contributed by atoms with E-state index in [9.17, 15) is 4.79 Å². The number of amides is 1. The third-order valence-electron chi connectivity index (χ3n) is 3.59. The highest BCUT2D eigenvalue weighted by molar-refractivity contribution is 6.04. The Morgan fingerprint density at radius 2 is 1.76 bits per heavy atom. The Labute approximate surface area is 146 Å². The molecule has 0 saturated heterocycles. The van der Waals surface area contributed by atoms with Crippen molar-refractivity contribution in [1.29, 1.82) is 0 Å². The van der Waals surface area contributed by atoms with Crippen LogP contribution in [0.15, 0.2) is 72.9 Å². The van der Waals surface area contributed by atoms with Gasteiger partial charge in [0.25, 0.3) is 5.91 Å². The van der Waals surface area contributed by atoms with E-state index in [4.69, 9.17) is 9.47 Å². The van der Waals surface area contributed by atoms with Crippen LogP contribution in [0, 0.1) is 0 Å². The van der Waals surface area contributed by atoms with E-state index in [0.29, 0.717) is 29.5 Å². The number of aromatic nitrogens is 1. The summed E-state index contributed by atoms with van der Waals surface area (Å²) in [5.41, 5.74) is 1.55. The Bertz CT molecular complexity index is 833. The highest BCUT2D eigenvalue weighted by Gasteiger charge is 2.11. The first kappa shape index (κ1) is 16.5. The summed E-state index contributed by atoms with van der Waals surface area (Å²) in [5, 5.41) is 2.78. The van der Waals surface area contributed by atoms with Crippen LogP contribution < -0.4 is 14.8 Å². The molecule has 0 bridgehead atoms. The van der Waals surface area contributed by atoms with Crippen LogP contribution in [0.5, 0.6) is 11.5 Å². The van der Waals surface area contributed by atoms with E-state index < -0.39 is 0 Å². The Hall–Kier alpha value is -3.34. The SMILES string of the molecule is COc1ccc(C(=O)Nc2ncccc2OCc2ccccc2)cc1. The lowest BCUT2D eigenvalue weighted by molar-refractivity contribution is 0.102. The van der Waals surface area contributed by atoms with Gasteiger partial charge in [0.2, 0.25) is 0 Å². The summed E-state index contributed by atoms with van der Waals surface area (Å²) in [6.45, 7) is 0.401. The van der Waals surface area contributed by atoms with Gasteiger partial charge in [-0.05, 0) is 42.0 Å². The van der Waals surface area contributed by atoms with Crippen molar-refractivity contribution in [2.45, 2.75) is 6.61 Å². The molecule has 126 valence electrons. The van der Waals surface area contributed by atoms with Crippen LogP contribution in [0.25, 0.3) is 0 Å². The molecule has 1 heterocycles. The van der Waals surface area contributed by atoms with Gasteiger partial charge in [-0.1, -0.05) is 30.3 Å². The number of ether oxygens (including phenoxy) is 2. The fourth-order valence-electron chi connectivity index (χ4n) is 2.26. The molecule has 5 heteroatoms. The highest BCUT2D eigenvalue weighted by atomic mass is 16.5. The Morgan fingerprint density at radius 3 is 2.48 bits per heavy atom. The molecule has 2 aromatic carbocycles. The summed E-state index contributed by atoms with van der Waals surface area (Å²) >= 11 is 0. The molecule has 0 unspecified atom stereocenters. The number of hydrogen-bond acceptors (Lipinski definition) is 4. The number of nitrogens with zero attached hydrogens (tertiary/aromatic N) is 1. The monoisotopic (exact) mass is 334 g/mol. The predicted octanol–water partition coefficient (Wildman–Crippen LogP) is 3.92. The van der Waals surface area contributed by atoms with E-state index in [1.54, 1.807) is 49.7 Å². The van der Waals surface area contributed by atoms with Crippen LogP contribution in [-0.2, 0) is 6.61 Å². The fourth-order valence-corrected chi connectivity index (χ4v) is 2.26. The fraction of sp³-hybridized carbons (Fsp3) is 0.100. The summed E-state index contributed by atoms with van der Waals surface area (Å²) in [7, 11) is 1.58. The van der Waals surface area contributed by atoms with Gasteiger partial charge in [0.1, 0.15) is 12.4 Å². The number of benzene rings is 2. The zero-order chi connectivity index (χ0) is 17.5. The van der Waals surface area contributed by atoms with E-state index in [-0.39, 0.29) is 5.91 Å². The molecule has 0 radical (unpaired) electrons. The minimum atomic E-state index is -0.258. The lowest BCUT2D eigenvalue weighted by Gasteiger charge is -2.11. The van der Waals surface area contributed by atoms with Crippen molar-refractivity contribution >= 4 is 11.7 Å². The van der Waals surface area contributed by atoms with Crippen molar-refractivity contribution in [3.05, 3.63) is 84.1 Å². The first-order valence-corrected chi connectivity index (χ1v) is 7.83. The van der Waals surface area contributed by atoms with Crippen LogP contribution in [0.2, 0.25) is 0 Å². The van der Waals surface area contributed by atoms with Gasteiger partial charge in [0.05, 0.1) is 7.11 Å². The molecule has 1 aromatic heterocycles. The second-order valence-corrected chi connectivity index (χ2v) is 5.31. The van der Waals surface area contributed by atoms with Crippen molar-refractivity contribution < 1.29 is 14.3 Å². The van der Waals surface area contributed by atoms with Gasteiger partial charge in [0, 0.05) is 11.8 Å². The van der Waals surface area contributed by atoms with Gasteiger partial charge in [-0.3, -0.25) is 4.79 Å². The van der Waals surface area contributed by atoms with E-state index in [0.717, 1.165) is 5.56 Å². The molecule has 0 atom stereocenters. The predicted molar refractivity (Wildman–Crippen MR) is 96.0 cm³/mol. The van der Waals surface area contributed by atoms with E-state index in [2.05, 4.69) is 10.3 Å². The number of methoxy groups -OCH3 is 1. The number of carbonyl (C=O) groups excluding carboxylic acids is 1. The number of rotatable bonds is 6. The highest BCUT2D eigenvalue weighted by Crippen LogP contribution is 2.23. The third kappa shape index (κ3) is 4.35. The summed E-state index contributed by atoms with van der Waals surface area (Å²) in [4.78, 5) is 16.6. The lowest BCUT2D eigenvalue weighted by Crippen LogP contribution is -2.14. The van der Waals surface area contributed by atoms with Gasteiger partial charge in [-0.25, -0.2) is 4.98 Å². The van der Waals surface area contributed by atoms with Crippen molar-refractivity contribution in [2.75, 3.05) is 12.4 Å². The molecule has 0 spiro atoms. The number of carbonyl (C=O) groups is 1. The molecule has 0 saturated carbocycles. The number of nitrogens with one attached hydrogen (secondary N) is 1. The normalized spacial score (nSPS) is 10.1. The minimum Gasteiger partial charge on any atom is -0.497 e. The molecule has 1 N–H and O–H groups in total. The van der Waals surface area contributed by atoms with Gasteiger partial charge in [-0.15, -0.1) is 0 Å². The summed E-state index contributed by atoms with van der Waals surface area (Å²) in [6.07, 6.45) is 1.61. The van der Waals surface area contributed by atoms with Crippen LogP contribution >= 0.6 is 0 Å². The molecular weight excluding hydrogens is 316 g/mol.